The molecule has 1 aromatic heterocycles. The van der Waals surface area contributed by atoms with Gasteiger partial charge in [-0.15, -0.1) is 5.10 Å². The lowest BCUT2D eigenvalue weighted by molar-refractivity contribution is -0.121. The van der Waals surface area contributed by atoms with Crippen molar-refractivity contribution in [3.63, 3.8) is 0 Å². The highest BCUT2D eigenvalue weighted by Gasteiger charge is 2.07. The molecule has 0 saturated carbocycles. The third kappa shape index (κ3) is 3.67. The SMILES string of the molecule is O=C(Cn1nnc2ccccc21)N/N=C\c1ccc(Cl)cc1Cl. The molecule has 0 bridgehead atoms. The van der Waals surface area contributed by atoms with Crippen molar-refractivity contribution in [1.29, 1.82) is 0 Å². The van der Waals surface area contributed by atoms with Gasteiger partial charge in [-0.25, -0.2) is 10.1 Å². The molecule has 3 aromatic rings. The Kier molecular flexibility index (Phi) is 4.55. The van der Waals surface area contributed by atoms with Crippen LogP contribution in [0.4, 0.5) is 0 Å². The number of rotatable bonds is 4. The first-order chi connectivity index (χ1) is 11.1. The molecule has 0 atom stereocenters. The molecule has 0 spiro atoms. The predicted molar refractivity (Wildman–Crippen MR) is 89.7 cm³/mol. The molecule has 8 heteroatoms. The second-order valence-electron chi connectivity index (χ2n) is 4.69. The standard InChI is InChI=1S/C15H11Cl2N5O/c16-11-6-5-10(12(17)7-11)8-18-20-15(23)9-22-14-4-2-1-3-13(14)19-21-22/h1-8H,9H2,(H,20,23)/b18-8-. The first-order valence-electron chi connectivity index (χ1n) is 6.68. The van der Waals surface area contributed by atoms with Crippen molar-refractivity contribution < 1.29 is 4.79 Å². The van der Waals surface area contributed by atoms with Gasteiger partial charge in [0.25, 0.3) is 5.91 Å². The maximum atomic E-state index is 11.9. The Morgan fingerprint density at radius 3 is 2.91 bits per heavy atom. The fourth-order valence-corrected chi connectivity index (χ4v) is 2.44. The summed E-state index contributed by atoms with van der Waals surface area (Å²) in [5.41, 5.74) is 4.60. The van der Waals surface area contributed by atoms with E-state index in [1.54, 1.807) is 18.2 Å². The van der Waals surface area contributed by atoms with Crippen LogP contribution in [0, 0.1) is 0 Å². The van der Waals surface area contributed by atoms with Crippen molar-refractivity contribution in [2.45, 2.75) is 6.54 Å². The summed E-state index contributed by atoms with van der Waals surface area (Å²) in [4.78, 5) is 11.9. The predicted octanol–water partition coefficient (Wildman–Crippen LogP) is 2.89. The summed E-state index contributed by atoms with van der Waals surface area (Å²) in [6.07, 6.45) is 1.45. The highest BCUT2D eigenvalue weighted by molar-refractivity contribution is 6.36. The molecule has 0 unspecified atom stereocenters. The molecule has 0 aliphatic heterocycles. The van der Waals surface area contributed by atoms with Gasteiger partial charge in [-0.05, 0) is 24.3 Å². The Labute approximate surface area is 141 Å². The first kappa shape index (κ1) is 15.5. The lowest BCUT2D eigenvalue weighted by atomic mass is 10.2. The molecular formula is C15H11Cl2N5O. The molecule has 0 aliphatic carbocycles. The van der Waals surface area contributed by atoms with Gasteiger partial charge in [0.15, 0.2) is 0 Å². The Balaban J connectivity index is 1.64. The quantitative estimate of drug-likeness (QED) is 0.582. The molecular weight excluding hydrogens is 337 g/mol. The summed E-state index contributed by atoms with van der Waals surface area (Å²) in [5, 5.41) is 12.8. The van der Waals surface area contributed by atoms with Gasteiger partial charge in [0.2, 0.25) is 0 Å². The third-order valence-electron chi connectivity index (χ3n) is 3.07. The number of benzene rings is 2. The smallest absolute Gasteiger partial charge is 0.261 e. The van der Waals surface area contributed by atoms with Crippen LogP contribution in [-0.4, -0.2) is 27.1 Å². The minimum absolute atomic E-state index is 0.0200. The summed E-state index contributed by atoms with van der Waals surface area (Å²) in [7, 11) is 0. The number of fused-ring (bicyclic) bond motifs is 1. The number of nitrogens with one attached hydrogen (secondary N) is 1. The molecule has 0 saturated heterocycles. The van der Waals surface area contributed by atoms with E-state index in [0.29, 0.717) is 15.6 Å². The molecule has 116 valence electrons. The maximum Gasteiger partial charge on any atom is 0.261 e. The number of hydrogen-bond acceptors (Lipinski definition) is 4. The Morgan fingerprint density at radius 1 is 1.26 bits per heavy atom. The molecule has 6 nitrogen and oxygen atoms in total. The van der Waals surface area contributed by atoms with Gasteiger partial charge in [0, 0.05) is 10.6 Å². The van der Waals surface area contributed by atoms with E-state index in [0.717, 1.165) is 11.0 Å². The van der Waals surface area contributed by atoms with E-state index >= 15 is 0 Å². The molecule has 0 fully saturated rings. The van der Waals surface area contributed by atoms with E-state index in [-0.39, 0.29) is 12.5 Å². The number of hydrogen-bond donors (Lipinski definition) is 1. The highest BCUT2D eigenvalue weighted by atomic mass is 35.5. The zero-order valence-electron chi connectivity index (χ0n) is 11.8. The molecule has 3 rings (SSSR count). The van der Waals surface area contributed by atoms with Crippen LogP contribution in [0.2, 0.25) is 10.0 Å². The number of amides is 1. The number of carbonyl (C=O) groups is 1. The van der Waals surface area contributed by atoms with Crippen molar-refractivity contribution in [3.8, 4) is 0 Å². The van der Waals surface area contributed by atoms with Crippen LogP contribution in [0.3, 0.4) is 0 Å². The van der Waals surface area contributed by atoms with Crippen LogP contribution in [0.15, 0.2) is 47.6 Å². The first-order valence-corrected chi connectivity index (χ1v) is 7.44. The van der Waals surface area contributed by atoms with Crippen LogP contribution in [0.1, 0.15) is 5.56 Å². The fraction of sp³-hybridized carbons (Fsp3) is 0.0667. The molecule has 1 N–H and O–H groups in total. The molecule has 1 heterocycles. The second kappa shape index (κ2) is 6.76. The van der Waals surface area contributed by atoms with Crippen LogP contribution < -0.4 is 5.43 Å². The zero-order chi connectivity index (χ0) is 16.2. The lowest BCUT2D eigenvalue weighted by Gasteiger charge is -2.01. The molecule has 0 aliphatic rings. The zero-order valence-corrected chi connectivity index (χ0v) is 13.3. The monoisotopic (exact) mass is 347 g/mol. The average molecular weight is 348 g/mol. The fourth-order valence-electron chi connectivity index (χ4n) is 1.99. The lowest BCUT2D eigenvalue weighted by Crippen LogP contribution is -2.23. The number of para-hydroxylation sites is 1. The summed E-state index contributed by atoms with van der Waals surface area (Å²) < 4.78 is 1.51. The van der Waals surface area contributed by atoms with Crippen LogP contribution in [0.25, 0.3) is 11.0 Å². The Bertz CT molecular complexity index is 890. The van der Waals surface area contributed by atoms with Crippen molar-refractivity contribution in [3.05, 3.63) is 58.1 Å². The van der Waals surface area contributed by atoms with E-state index in [1.165, 1.54) is 10.9 Å². The van der Waals surface area contributed by atoms with E-state index in [9.17, 15) is 4.79 Å². The number of carbonyl (C=O) groups excluding carboxylic acids is 1. The summed E-state index contributed by atoms with van der Waals surface area (Å²) in [6.45, 7) is 0.0200. The van der Waals surface area contributed by atoms with Gasteiger partial charge < -0.3 is 0 Å². The van der Waals surface area contributed by atoms with E-state index < -0.39 is 0 Å². The number of halogens is 2. The van der Waals surface area contributed by atoms with Gasteiger partial charge in [-0.1, -0.05) is 46.6 Å². The van der Waals surface area contributed by atoms with Gasteiger partial charge in [0.1, 0.15) is 12.1 Å². The van der Waals surface area contributed by atoms with E-state index in [1.807, 2.05) is 24.3 Å². The van der Waals surface area contributed by atoms with E-state index in [2.05, 4.69) is 20.8 Å². The number of nitrogens with zero attached hydrogens (tertiary/aromatic N) is 4. The highest BCUT2D eigenvalue weighted by Crippen LogP contribution is 2.19. The van der Waals surface area contributed by atoms with E-state index in [4.69, 9.17) is 23.2 Å². The Hall–Kier alpha value is -2.44. The van der Waals surface area contributed by atoms with Gasteiger partial charge in [-0.2, -0.15) is 5.10 Å². The maximum absolute atomic E-state index is 11.9. The van der Waals surface area contributed by atoms with Crippen LogP contribution in [-0.2, 0) is 11.3 Å². The van der Waals surface area contributed by atoms with Gasteiger partial charge in [-0.3, -0.25) is 4.79 Å². The minimum Gasteiger partial charge on any atom is -0.271 e. The minimum atomic E-state index is -0.318. The van der Waals surface area contributed by atoms with Crippen LogP contribution in [0.5, 0.6) is 0 Å². The van der Waals surface area contributed by atoms with Crippen LogP contribution >= 0.6 is 23.2 Å². The molecule has 23 heavy (non-hydrogen) atoms. The molecule has 2 aromatic carbocycles. The Morgan fingerprint density at radius 2 is 2.09 bits per heavy atom. The third-order valence-corrected chi connectivity index (χ3v) is 3.63. The van der Waals surface area contributed by atoms with Crippen molar-refractivity contribution in [2.75, 3.05) is 0 Å². The largest absolute Gasteiger partial charge is 0.271 e. The van der Waals surface area contributed by atoms with Gasteiger partial charge >= 0.3 is 0 Å². The van der Waals surface area contributed by atoms with Gasteiger partial charge in [0.05, 0.1) is 16.8 Å². The summed E-state index contributed by atoms with van der Waals surface area (Å²) in [6, 6.07) is 12.4. The molecule has 0 radical (unpaired) electrons. The topological polar surface area (TPSA) is 72.2 Å². The summed E-state index contributed by atoms with van der Waals surface area (Å²) >= 11 is 11.8. The normalized spacial score (nSPS) is 11.2. The summed E-state index contributed by atoms with van der Waals surface area (Å²) in [5.74, 6) is -0.318. The van der Waals surface area contributed by atoms with Crippen molar-refractivity contribution in [2.24, 2.45) is 5.10 Å². The average Bonchev–Trinajstić information content (AvgIpc) is 2.93. The number of aromatic nitrogens is 3. The number of hydrazone groups is 1. The second-order valence-corrected chi connectivity index (χ2v) is 5.54. The van der Waals surface area contributed by atoms with Crippen molar-refractivity contribution in [1.82, 2.24) is 20.4 Å². The molecule has 1 amide bonds. The van der Waals surface area contributed by atoms with Crippen molar-refractivity contribution >= 4 is 46.4 Å².